The van der Waals surface area contributed by atoms with Crippen molar-refractivity contribution >= 4 is 57.9 Å². The van der Waals surface area contributed by atoms with E-state index >= 15 is 0 Å². The first kappa shape index (κ1) is 23.5. The van der Waals surface area contributed by atoms with Gasteiger partial charge in [0.25, 0.3) is 5.91 Å². The maximum absolute atomic E-state index is 12.4. The van der Waals surface area contributed by atoms with E-state index in [1.165, 1.54) is 6.21 Å². The molecule has 0 aromatic heterocycles. The highest BCUT2D eigenvalue weighted by Gasteiger charge is 2.16. The van der Waals surface area contributed by atoms with Gasteiger partial charge in [-0.05, 0) is 70.6 Å². The number of hydrogen-bond donors (Lipinski definition) is 1. The maximum Gasteiger partial charge on any atom is 0.271 e. The minimum absolute atomic E-state index is 0.144. The zero-order valence-electron chi connectivity index (χ0n) is 17.2. The van der Waals surface area contributed by atoms with Gasteiger partial charge in [-0.1, -0.05) is 29.3 Å². The molecule has 0 saturated carbocycles. The van der Waals surface area contributed by atoms with E-state index in [0.29, 0.717) is 38.6 Å². The van der Waals surface area contributed by atoms with E-state index < -0.39 is 0 Å². The summed E-state index contributed by atoms with van der Waals surface area (Å²) in [5.74, 6) is 1.87. The third kappa shape index (κ3) is 5.63. The third-order valence-electron chi connectivity index (χ3n) is 4.65. The van der Waals surface area contributed by atoms with Crippen molar-refractivity contribution in [2.45, 2.75) is 6.61 Å². The number of ether oxygens (including phenoxy) is 4. The van der Waals surface area contributed by atoms with Crippen LogP contribution in [0.3, 0.4) is 0 Å². The first-order chi connectivity index (χ1) is 15.9. The van der Waals surface area contributed by atoms with Gasteiger partial charge in [0, 0.05) is 21.2 Å². The number of carbonyl (C=O) groups excluding carboxylic acids is 1. The number of nitrogens with one attached hydrogen (secondary N) is 1. The molecule has 1 N–H and O–H groups in total. The molecule has 170 valence electrons. The minimum atomic E-state index is -0.369. The standard InChI is InChI=1S/C23H17Cl2IN2O5/c1-30-21-7-13(6-18(26)22(21)31-11-15-2-4-16(24)9-17(15)25)10-27-28-23(29)14-3-5-19-20(8-14)33-12-32-19/h2-10H,11-12H2,1H3,(H,28,29)/b27-10-. The quantitative estimate of drug-likeness (QED) is 0.215. The van der Waals surface area contributed by atoms with Gasteiger partial charge >= 0.3 is 0 Å². The Morgan fingerprint density at radius 3 is 2.76 bits per heavy atom. The zero-order chi connectivity index (χ0) is 23.4. The van der Waals surface area contributed by atoms with Crippen LogP contribution >= 0.6 is 45.8 Å². The average Bonchev–Trinajstić information content (AvgIpc) is 3.27. The van der Waals surface area contributed by atoms with Crippen molar-refractivity contribution < 1.29 is 23.7 Å². The molecule has 3 aromatic rings. The van der Waals surface area contributed by atoms with Gasteiger partial charge in [0.1, 0.15) is 6.61 Å². The van der Waals surface area contributed by atoms with Crippen molar-refractivity contribution in [1.29, 1.82) is 0 Å². The van der Waals surface area contributed by atoms with Gasteiger partial charge in [0.2, 0.25) is 6.79 Å². The highest BCUT2D eigenvalue weighted by Crippen LogP contribution is 2.35. The van der Waals surface area contributed by atoms with E-state index in [1.54, 1.807) is 43.5 Å². The normalized spacial score (nSPS) is 12.1. The lowest BCUT2D eigenvalue weighted by molar-refractivity contribution is 0.0954. The number of rotatable bonds is 7. The average molecular weight is 599 g/mol. The Balaban J connectivity index is 1.43. The topological polar surface area (TPSA) is 78.4 Å². The molecule has 1 amide bonds. The van der Waals surface area contributed by atoms with Crippen molar-refractivity contribution in [3.8, 4) is 23.0 Å². The van der Waals surface area contributed by atoms with Crippen LogP contribution in [-0.4, -0.2) is 26.0 Å². The largest absolute Gasteiger partial charge is 0.493 e. The molecular weight excluding hydrogens is 582 g/mol. The molecule has 0 atom stereocenters. The molecule has 0 bridgehead atoms. The van der Waals surface area contributed by atoms with E-state index in [-0.39, 0.29) is 19.3 Å². The monoisotopic (exact) mass is 598 g/mol. The number of hydrogen-bond acceptors (Lipinski definition) is 6. The molecule has 0 saturated heterocycles. The van der Waals surface area contributed by atoms with Gasteiger partial charge in [-0.3, -0.25) is 4.79 Å². The number of amides is 1. The molecule has 0 fully saturated rings. The van der Waals surface area contributed by atoms with Gasteiger partial charge in [-0.15, -0.1) is 0 Å². The first-order valence-electron chi connectivity index (χ1n) is 9.62. The summed E-state index contributed by atoms with van der Waals surface area (Å²) >= 11 is 14.3. The van der Waals surface area contributed by atoms with Crippen LogP contribution < -0.4 is 24.4 Å². The Hall–Kier alpha value is -2.69. The number of methoxy groups -OCH3 is 1. The number of halogens is 3. The second-order valence-electron chi connectivity index (χ2n) is 6.83. The summed E-state index contributed by atoms with van der Waals surface area (Å²) < 4.78 is 22.8. The fraction of sp³-hybridized carbons (Fsp3) is 0.130. The predicted molar refractivity (Wildman–Crippen MR) is 134 cm³/mol. The van der Waals surface area contributed by atoms with E-state index in [1.807, 2.05) is 12.1 Å². The number of nitrogens with zero attached hydrogens (tertiary/aromatic N) is 1. The van der Waals surface area contributed by atoms with E-state index in [2.05, 4.69) is 33.1 Å². The molecule has 0 radical (unpaired) electrons. The SMILES string of the molecule is COc1cc(/C=N\NC(=O)c2ccc3c(c2)OCO3)cc(I)c1OCc1ccc(Cl)cc1Cl. The van der Waals surface area contributed by atoms with Crippen molar-refractivity contribution in [1.82, 2.24) is 5.43 Å². The number of hydrazone groups is 1. The lowest BCUT2D eigenvalue weighted by Crippen LogP contribution is -2.17. The van der Waals surface area contributed by atoms with Crippen LogP contribution in [0.1, 0.15) is 21.5 Å². The molecule has 33 heavy (non-hydrogen) atoms. The zero-order valence-corrected chi connectivity index (χ0v) is 20.9. The molecule has 1 aliphatic heterocycles. The second-order valence-corrected chi connectivity index (χ2v) is 8.83. The minimum Gasteiger partial charge on any atom is -0.493 e. The predicted octanol–water partition coefficient (Wildman–Crippen LogP) is 5.68. The first-order valence-corrected chi connectivity index (χ1v) is 11.5. The number of benzene rings is 3. The highest BCUT2D eigenvalue weighted by atomic mass is 127. The van der Waals surface area contributed by atoms with Crippen molar-refractivity contribution in [3.63, 3.8) is 0 Å². The molecule has 0 aliphatic carbocycles. The molecule has 3 aromatic carbocycles. The summed E-state index contributed by atoms with van der Waals surface area (Å²) in [6.07, 6.45) is 1.52. The van der Waals surface area contributed by atoms with Gasteiger partial charge in [-0.25, -0.2) is 5.43 Å². The molecule has 1 heterocycles. The van der Waals surface area contributed by atoms with Crippen molar-refractivity contribution in [2.24, 2.45) is 5.10 Å². The summed E-state index contributed by atoms with van der Waals surface area (Å²) in [7, 11) is 1.55. The molecule has 7 nitrogen and oxygen atoms in total. The van der Waals surface area contributed by atoms with Gasteiger partial charge in [0.05, 0.1) is 16.9 Å². The molecule has 10 heteroatoms. The van der Waals surface area contributed by atoms with E-state index in [0.717, 1.165) is 14.7 Å². The molecular formula is C23H17Cl2IN2O5. The summed E-state index contributed by atoms with van der Waals surface area (Å²) in [6.45, 7) is 0.396. The fourth-order valence-electron chi connectivity index (χ4n) is 3.01. The van der Waals surface area contributed by atoms with Crippen LogP contribution in [0.15, 0.2) is 53.6 Å². The molecule has 0 unspecified atom stereocenters. The van der Waals surface area contributed by atoms with Crippen LogP contribution in [-0.2, 0) is 6.61 Å². The van der Waals surface area contributed by atoms with Crippen LogP contribution in [0.25, 0.3) is 0 Å². The van der Waals surface area contributed by atoms with Crippen LogP contribution in [0.5, 0.6) is 23.0 Å². The Labute approximate surface area is 213 Å². The van der Waals surface area contributed by atoms with Gasteiger partial charge in [-0.2, -0.15) is 5.10 Å². The van der Waals surface area contributed by atoms with Crippen LogP contribution in [0, 0.1) is 3.57 Å². The molecule has 0 spiro atoms. The van der Waals surface area contributed by atoms with Crippen LogP contribution in [0.2, 0.25) is 10.0 Å². The van der Waals surface area contributed by atoms with E-state index in [4.69, 9.17) is 42.1 Å². The summed E-state index contributed by atoms with van der Waals surface area (Å²) in [6, 6.07) is 13.8. The summed E-state index contributed by atoms with van der Waals surface area (Å²) in [4.78, 5) is 12.4. The summed E-state index contributed by atoms with van der Waals surface area (Å²) in [5.41, 5.74) is 4.44. The van der Waals surface area contributed by atoms with Gasteiger partial charge < -0.3 is 18.9 Å². The number of carbonyl (C=O) groups is 1. The third-order valence-corrected chi connectivity index (χ3v) is 6.04. The summed E-state index contributed by atoms with van der Waals surface area (Å²) in [5, 5.41) is 5.13. The lowest BCUT2D eigenvalue weighted by atomic mass is 10.2. The van der Waals surface area contributed by atoms with Gasteiger partial charge in [0.15, 0.2) is 23.0 Å². The van der Waals surface area contributed by atoms with Crippen molar-refractivity contribution in [3.05, 3.63) is 78.8 Å². The van der Waals surface area contributed by atoms with E-state index in [9.17, 15) is 4.79 Å². The molecule has 4 rings (SSSR count). The van der Waals surface area contributed by atoms with Crippen molar-refractivity contribution in [2.75, 3.05) is 13.9 Å². The smallest absolute Gasteiger partial charge is 0.271 e. The van der Waals surface area contributed by atoms with Crippen LogP contribution in [0.4, 0.5) is 0 Å². The molecule has 1 aliphatic rings. The Bertz CT molecular complexity index is 1240. The Kier molecular flexibility index (Phi) is 7.46. The Morgan fingerprint density at radius 1 is 1.15 bits per heavy atom. The Morgan fingerprint density at radius 2 is 1.97 bits per heavy atom. The number of fused-ring (bicyclic) bond motifs is 1. The lowest BCUT2D eigenvalue weighted by Gasteiger charge is -2.14. The highest BCUT2D eigenvalue weighted by molar-refractivity contribution is 14.1. The maximum atomic E-state index is 12.4. The second kappa shape index (κ2) is 10.5. The fourth-order valence-corrected chi connectivity index (χ4v) is 4.25.